The van der Waals surface area contributed by atoms with E-state index in [1.807, 2.05) is 19.1 Å². The van der Waals surface area contributed by atoms with Gasteiger partial charge in [-0.25, -0.2) is 4.39 Å². The second-order valence-corrected chi connectivity index (χ2v) is 11.2. The Balaban J connectivity index is 1.87. The number of fused-ring (bicyclic) bond motifs is 1. The van der Waals surface area contributed by atoms with Gasteiger partial charge in [0, 0.05) is 37.8 Å². The van der Waals surface area contributed by atoms with Gasteiger partial charge >= 0.3 is 0 Å². The van der Waals surface area contributed by atoms with Crippen LogP contribution < -0.4 is 14.8 Å². The summed E-state index contributed by atoms with van der Waals surface area (Å²) in [5.41, 5.74) is 6.27. The number of aromatic nitrogens is 1. The van der Waals surface area contributed by atoms with E-state index >= 15 is 0 Å². The molecule has 1 aliphatic heterocycles. The summed E-state index contributed by atoms with van der Waals surface area (Å²) in [4.78, 5) is 15.4. The predicted octanol–water partition coefficient (Wildman–Crippen LogP) is 7.57. The number of nitrogens with one attached hydrogen (secondary N) is 1. The zero-order valence-electron chi connectivity index (χ0n) is 25.9. The third-order valence-electron chi connectivity index (χ3n) is 7.72. The molecule has 7 nitrogen and oxygen atoms in total. The molecule has 0 radical (unpaired) electrons. The third-order valence-corrected chi connectivity index (χ3v) is 7.72. The molecule has 0 saturated heterocycles. The monoisotopic (exact) mass is 579 g/mol. The van der Waals surface area contributed by atoms with E-state index in [-0.39, 0.29) is 24.3 Å². The zero-order valence-corrected chi connectivity index (χ0v) is 25.9. The van der Waals surface area contributed by atoms with Crippen molar-refractivity contribution in [3.63, 3.8) is 0 Å². The molecule has 4 rings (SSSR count). The number of amides is 1. The fraction of sp³-hybridized carbons (Fsp3) is 0.529. The maximum Gasteiger partial charge on any atom is 0.290 e. The van der Waals surface area contributed by atoms with Crippen LogP contribution in [0, 0.1) is 0 Å². The van der Waals surface area contributed by atoms with Gasteiger partial charge in [0.05, 0.1) is 18.8 Å². The first-order valence-corrected chi connectivity index (χ1v) is 15.5. The van der Waals surface area contributed by atoms with Gasteiger partial charge in [-0.15, -0.1) is 0 Å². The maximum atomic E-state index is 13.2. The number of carbonyl (C=O) groups is 1. The highest BCUT2D eigenvalue weighted by molar-refractivity contribution is 6.02. The van der Waals surface area contributed by atoms with Crippen molar-refractivity contribution in [3.8, 4) is 33.9 Å². The fourth-order valence-corrected chi connectivity index (χ4v) is 5.33. The van der Waals surface area contributed by atoms with Crippen LogP contribution in [0.3, 0.4) is 0 Å². The minimum absolute atomic E-state index is 0.176. The van der Waals surface area contributed by atoms with Crippen molar-refractivity contribution < 1.29 is 23.2 Å². The van der Waals surface area contributed by atoms with E-state index in [4.69, 9.17) is 14.0 Å². The van der Waals surface area contributed by atoms with Gasteiger partial charge in [-0.05, 0) is 60.4 Å². The number of hydrogen-bond acceptors (Lipinski definition) is 6. The zero-order chi connectivity index (χ0) is 30.1. The average Bonchev–Trinajstić information content (AvgIpc) is 3.42. The van der Waals surface area contributed by atoms with E-state index in [1.54, 1.807) is 0 Å². The molecule has 0 saturated carbocycles. The molecule has 0 fully saturated rings. The van der Waals surface area contributed by atoms with E-state index in [0.717, 1.165) is 61.1 Å². The second-order valence-electron chi connectivity index (χ2n) is 11.2. The Kier molecular flexibility index (Phi) is 11.4. The van der Waals surface area contributed by atoms with Crippen molar-refractivity contribution in [2.45, 2.75) is 79.2 Å². The number of halogens is 1. The van der Waals surface area contributed by atoms with Crippen LogP contribution in [0.4, 0.5) is 4.39 Å². The molecule has 2 aromatic carbocycles. The Hall–Kier alpha value is -3.39. The van der Waals surface area contributed by atoms with Crippen LogP contribution in [0.15, 0.2) is 34.9 Å². The van der Waals surface area contributed by atoms with E-state index in [1.165, 1.54) is 11.1 Å². The standard InChI is InChI=1S/C34H46FN3O4/c1-6-9-17-40-29-21-30(41-18-10-7-2)28(20-27(29)23(4)5)32-31(33(42-37-32)34(39)36-8-3)25-11-12-26-22-38(16-14-35)15-13-24(26)19-25/h11-12,19-21,23H,6-10,13-18,22H2,1-5H3,(H,36,39). The first-order valence-electron chi connectivity index (χ1n) is 15.5. The van der Waals surface area contributed by atoms with Gasteiger partial charge in [0.15, 0.2) is 0 Å². The molecule has 0 unspecified atom stereocenters. The quantitative estimate of drug-likeness (QED) is 0.187. The molecule has 42 heavy (non-hydrogen) atoms. The molecule has 0 aliphatic carbocycles. The van der Waals surface area contributed by atoms with Crippen LogP contribution in [0.2, 0.25) is 0 Å². The van der Waals surface area contributed by atoms with Gasteiger partial charge in [0.2, 0.25) is 5.76 Å². The predicted molar refractivity (Wildman–Crippen MR) is 165 cm³/mol. The molecule has 1 aromatic heterocycles. The number of unbranched alkanes of at least 4 members (excludes halogenated alkanes) is 2. The van der Waals surface area contributed by atoms with Crippen molar-refractivity contribution in [2.24, 2.45) is 0 Å². The molecule has 0 atom stereocenters. The molecule has 8 heteroatoms. The summed E-state index contributed by atoms with van der Waals surface area (Å²) in [5.74, 6) is 1.54. The summed E-state index contributed by atoms with van der Waals surface area (Å²) in [5, 5.41) is 7.38. The molecule has 1 amide bonds. The highest BCUT2D eigenvalue weighted by Gasteiger charge is 2.29. The Morgan fingerprint density at radius 1 is 1.05 bits per heavy atom. The third kappa shape index (κ3) is 7.33. The molecule has 1 N–H and O–H groups in total. The normalized spacial score (nSPS) is 13.3. The molecule has 2 heterocycles. The first kappa shape index (κ1) is 31.5. The lowest BCUT2D eigenvalue weighted by atomic mass is 9.91. The topological polar surface area (TPSA) is 76.8 Å². The minimum atomic E-state index is -0.350. The van der Waals surface area contributed by atoms with Gasteiger partial charge < -0.3 is 19.3 Å². The lowest BCUT2D eigenvalue weighted by Gasteiger charge is -2.28. The Morgan fingerprint density at radius 2 is 1.79 bits per heavy atom. The van der Waals surface area contributed by atoms with Gasteiger partial charge in [-0.1, -0.05) is 63.9 Å². The summed E-state index contributed by atoms with van der Waals surface area (Å²) in [6, 6.07) is 10.3. The van der Waals surface area contributed by atoms with E-state index in [0.29, 0.717) is 49.9 Å². The van der Waals surface area contributed by atoms with Crippen LogP contribution in [0.5, 0.6) is 11.5 Å². The molecule has 228 valence electrons. The van der Waals surface area contributed by atoms with Crippen molar-refractivity contribution in [3.05, 3.63) is 52.8 Å². The highest BCUT2D eigenvalue weighted by atomic mass is 19.1. The van der Waals surface area contributed by atoms with Crippen LogP contribution in [-0.4, -0.2) is 55.5 Å². The number of benzene rings is 2. The average molecular weight is 580 g/mol. The number of hydrogen-bond donors (Lipinski definition) is 1. The number of ether oxygens (including phenoxy) is 2. The number of alkyl halides is 1. The molecule has 0 spiro atoms. The number of rotatable bonds is 15. The van der Waals surface area contributed by atoms with Crippen molar-refractivity contribution in [1.82, 2.24) is 15.4 Å². The summed E-state index contributed by atoms with van der Waals surface area (Å²) in [7, 11) is 0. The molecule has 3 aromatic rings. The van der Waals surface area contributed by atoms with Gasteiger partial charge in [0.25, 0.3) is 5.91 Å². The van der Waals surface area contributed by atoms with Crippen LogP contribution in [0.25, 0.3) is 22.4 Å². The van der Waals surface area contributed by atoms with Crippen LogP contribution >= 0.6 is 0 Å². The number of carbonyl (C=O) groups excluding carboxylic acids is 1. The van der Waals surface area contributed by atoms with Crippen LogP contribution in [0.1, 0.15) is 93.5 Å². The van der Waals surface area contributed by atoms with Crippen molar-refractivity contribution in [1.29, 1.82) is 0 Å². The minimum Gasteiger partial charge on any atom is -0.493 e. The lowest BCUT2D eigenvalue weighted by Crippen LogP contribution is -2.32. The Labute approximate surface area is 249 Å². The van der Waals surface area contributed by atoms with E-state index < -0.39 is 0 Å². The SMILES string of the molecule is CCCCOc1cc(OCCCC)c(C(C)C)cc1-c1noc(C(=O)NCC)c1-c1ccc2c(c1)CCN(CCF)C2. The summed E-state index contributed by atoms with van der Waals surface area (Å²) in [6.45, 7) is 13.7. The van der Waals surface area contributed by atoms with Crippen molar-refractivity contribution >= 4 is 5.91 Å². The van der Waals surface area contributed by atoms with Crippen LogP contribution in [-0.2, 0) is 13.0 Å². The molecular weight excluding hydrogens is 533 g/mol. The Morgan fingerprint density at radius 3 is 2.45 bits per heavy atom. The first-order chi connectivity index (χ1) is 20.4. The number of nitrogens with zero attached hydrogens (tertiary/aromatic N) is 2. The molecule has 0 bridgehead atoms. The van der Waals surface area contributed by atoms with E-state index in [2.05, 4.69) is 61.3 Å². The van der Waals surface area contributed by atoms with Gasteiger partial charge in [0.1, 0.15) is 23.9 Å². The summed E-state index contributed by atoms with van der Waals surface area (Å²) >= 11 is 0. The van der Waals surface area contributed by atoms with Gasteiger partial charge in [-0.2, -0.15) is 0 Å². The van der Waals surface area contributed by atoms with E-state index in [9.17, 15) is 9.18 Å². The molecular formula is C34H46FN3O4. The molecule has 1 aliphatic rings. The Bertz CT molecular complexity index is 1340. The van der Waals surface area contributed by atoms with Gasteiger partial charge in [-0.3, -0.25) is 9.69 Å². The highest BCUT2D eigenvalue weighted by Crippen LogP contribution is 2.44. The lowest BCUT2D eigenvalue weighted by molar-refractivity contribution is 0.0920. The van der Waals surface area contributed by atoms with Crippen molar-refractivity contribution in [2.75, 3.05) is 39.5 Å². The largest absolute Gasteiger partial charge is 0.493 e. The fourth-order valence-electron chi connectivity index (χ4n) is 5.33. The summed E-state index contributed by atoms with van der Waals surface area (Å²) in [6.07, 6.45) is 4.76. The smallest absolute Gasteiger partial charge is 0.290 e. The summed E-state index contributed by atoms with van der Waals surface area (Å²) < 4.78 is 31.4. The maximum absolute atomic E-state index is 13.2. The second kappa shape index (κ2) is 15.2.